The molecule has 86 valence electrons. The molecule has 2 nitrogen and oxygen atoms in total. The van der Waals surface area contributed by atoms with Gasteiger partial charge in [0.1, 0.15) is 0 Å². The topological polar surface area (TPSA) is 38.0 Å². The molecule has 0 saturated heterocycles. The normalized spacial score (nSPS) is 32.5. The maximum atomic E-state index is 6.26. The SMILES string of the molecule is NC1CCCCC2c3cc(Br)ccc3NC12. The highest BCUT2D eigenvalue weighted by Crippen LogP contribution is 2.43. The lowest BCUT2D eigenvalue weighted by Gasteiger charge is -2.23. The largest absolute Gasteiger partial charge is 0.380 e. The second-order valence-corrected chi connectivity index (χ2v) is 5.87. The van der Waals surface area contributed by atoms with Crippen LogP contribution >= 0.6 is 15.9 Å². The summed E-state index contributed by atoms with van der Waals surface area (Å²) >= 11 is 3.56. The fourth-order valence-corrected chi connectivity index (χ4v) is 3.49. The molecule has 1 fully saturated rings. The lowest BCUT2D eigenvalue weighted by atomic mass is 9.89. The van der Waals surface area contributed by atoms with Crippen LogP contribution in [0.3, 0.4) is 0 Å². The van der Waals surface area contributed by atoms with Gasteiger partial charge in [0.05, 0.1) is 0 Å². The molecule has 1 heterocycles. The summed E-state index contributed by atoms with van der Waals surface area (Å²) in [6, 6.07) is 7.28. The third kappa shape index (κ3) is 1.66. The van der Waals surface area contributed by atoms with E-state index in [1.54, 1.807) is 0 Å². The van der Waals surface area contributed by atoms with Crippen LogP contribution in [-0.4, -0.2) is 12.1 Å². The van der Waals surface area contributed by atoms with Gasteiger partial charge in [-0.25, -0.2) is 0 Å². The van der Waals surface area contributed by atoms with Crippen molar-refractivity contribution in [2.24, 2.45) is 5.73 Å². The van der Waals surface area contributed by atoms with Gasteiger partial charge in [0, 0.05) is 28.2 Å². The smallest absolute Gasteiger partial charge is 0.0481 e. The van der Waals surface area contributed by atoms with Crippen molar-refractivity contribution in [1.82, 2.24) is 0 Å². The Bertz CT molecular complexity index is 405. The van der Waals surface area contributed by atoms with Gasteiger partial charge < -0.3 is 11.1 Å². The minimum Gasteiger partial charge on any atom is -0.380 e. The zero-order valence-electron chi connectivity index (χ0n) is 9.25. The summed E-state index contributed by atoms with van der Waals surface area (Å²) in [5, 5.41) is 3.61. The average molecular weight is 281 g/mol. The highest BCUT2D eigenvalue weighted by atomic mass is 79.9. The summed E-state index contributed by atoms with van der Waals surface area (Å²) in [5.74, 6) is 0.616. The molecule has 0 spiro atoms. The predicted molar refractivity (Wildman–Crippen MR) is 70.7 cm³/mol. The summed E-state index contributed by atoms with van der Waals surface area (Å²) in [7, 11) is 0. The molecule has 2 aliphatic rings. The molecule has 3 rings (SSSR count). The molecule has 16 heavy (non-hydrogen) atoms. The first kappa shape index (κ1) is 10.6. The van der Waals surface area contributed by atoms with Gasteiger partial charge in [-0.1, -0.05) is 28.8 Å². The molecule has 1 aromatic carbocycles. The molecule has 3 heteroatoms. The van der Waals surface area contributed by atoms with Gasteiger partial charge >= 0.3 is 0 Å². The van der Waals surface area contributed by atoms with Crippen molar-refractivity contribution in [3.63, 3.8) is 0 Å². The van der Waals surface area contributed by atoms with Crippen LogP contribution in [0.2, 0.25) is 0 Å². The second kappa shape index (κ2) is 4.04. The molecule has 0 radical (unpaired) electrons. The van der Waals surface area contributed by atoms with Crippen LogP contribution in [0.15, 0.2) is 22.7 Å². The van der Waals surface area contributed by atoms with E-state index in [2.05, 4.69) is 39.4 Å². The van der Waals surface area contributed by atoms with E-state index in [0.717, 1.165) is 6.42 Å². The van der Waals surface area contributed by atoms with E-state index >= 15 is 0 Å². The van der Waals surface area contributed by atoms with Crippen molar-refractivity contribution in [2.45, 2.75) is 43.7 Å². The Balaban J connectivity index is 1.99. The van der Waals surface area contributed by atoms with Gasteiger partial charge in [-0.3, -0.25) is 0 Å². The lowest BCUT2D eigenvalue weighted by Crippen LogP contribution is -2.39. The molecule has 1 aliphatic heterocycles. The quantitative estimate of drug-likeness (QED) is 0.766. The van der Waals surface area contributed by atoms with Crippen LogP contribution in [0.5, 0.6) is 0 Å². The summed E-state index contributed by atoms with van der Waals surface area (Å²) in [4.78, 5) is 0. The Morgan fingerprint density at radius 3 is 2.94 bits per heavy atom. The minimum atomic E-state index is 0.304. The molecule has 3 N–H and O–H groups in total. The van der Waals surface area contributed by atoms with Gasteiger partial charge in [-0.05, 0) is 36.6 Å². The first-order valence-electron chi connectivity index (χ1n) is 6.07. The summed E-state index contributed by atoms with van der Waals surface area (Å²) in [6.45, 7) is 0. The Kier molecular flexibility index (Phi) is 2.68. The van der Waals surface area contributed by atoms with Crippen LogP contribution in [0.25, 0.3) is 0 Å². The number of benzene rings is 1. The first-order valence-corrected chi connectivity index (χ1v) is 6.86. The van der Waals surface area contributed by atoms with Crippen molar-refractivity contribution in [2.75, 3.05) is 5.32 Å². The monoisotopic (exact) mass is 280 g/mol. The third-order valence-corrected chi connectivity index (χ3v) is 4.43. The zero-order chi connectivity index (χ0) is 11.1. The van der Waals surface area contributed by atoms with E-state index in [9.17, 15) is 0 Å². The van der Waals surface area contributed by atoms with Crippen LogP contribution in [0.4, 0.5) is 5.69 Å². The number of nitrogens with two attached hydrogens (primary N) is 1. The van der Waals surface area contributed by atoms with Crippen molar-refractivity contribution in [3.05, 3.63) is 28.2 Å². The van der Waals surface area contributed by atoms with Gasteiger partial charge in [-0.2, -0.15) is 0 Å². The van der Waals surface area contributed by atoms with E-state index < -0.39 is 0 Å². The van der Waals surface area contributed by atoms with Gasteiger partial charge in [-0.15, -0.1) is 0 Å². The number of hydrogen-bond acceptors (Lipinski definition) is 2. The lowest BCUT2D eigenvalue weighted by molar-refractivity contribution is 0.499. The highest BCUT2D eigenvalue weighted by molar-refractivity contribution is 9.10. The number of halogens is 1. The molecule has 0 amide bonds. The van der Waals surface area contributed by atoms with E-state index in [1.165, 1.54) is 35.0 Å². The molecule has 0 aromatic heterocycles. The second-order valence-electron chi connectivity index (χ2n) is 4.96. The van der Waals surface area contributed by atoms with Crippen LogP contribution in [0.1, 0.15) is 37.2 Å². The highest BCUT2D eigenvalue weighted by Gasteiger charge is 2.36. The fraction of sp³-hybridized carbons (Fsp3) is 0.538. The Morgan fingerprint density at radius 2 is 2.06 bits per heavy atom. The minimum absolute atomic E-state index is 0.304. The van der Waals surface area contributed by atoms with Crippen molar-refractivity contribution in [3.8, 4) is 0 Å². The Morgan fingerprint density at radius 1 is 1.25 bits per heavy atom. The maximum absolute atomic E-state index is 6.26. The molecule has 1 saturated carbocycles. The summed E-state index contributed by atoms with van der Waals surface area (Å²) < 4.78 is 1.17. The molecule has 0 bridgehead atoms. The first-order chi connectivity index (χ1) is 7.75. The molecule has 3 unspecified atom stereocenters. The average Bonchev–Trinajstić information content (AvgIpc) is 2.52. The molecule has 1 aromatic rings. The number of nitrogens with one attached hydrogen (secondary N) is 1. The molecule has 1 aliphatic carbocycles. The Labute approximate surface area is 105 Å². The number of rotatable bonds is 0. The van der Waals surface area contributed by atoms with Crippen LogP contribution in [0, 0.1) is 0 Å². The van der Waals surface area contributed by atoms with Crippen molar-refractivity contribution < 1.29 is 0 Å². The third-order valence-electron chi connectivity index (χ3n) is 3.93. The van der Waals surface area contributed by atoms with Crippen LogP contribution < -0.4 is 11.1 Å². The van der Waals surface area contributed by atoms with Gasteiger partial charge in [0.25, 0.3) is 0 Å². The summed E-state index contributed by atoms with van der Waals surface area (Å²) in [5.41, 5.74) is 9.01. The zero-order valence-corrected chi connectivity index (χ0v) is 10.8. The van der Waals surface area contributed by atoms with Crippen molar-refractivity contribution >= 4 is 21.6 Å². The number of hydrogen-bond donors (Lipinski definition) is 2. The standard InChI is InChI=1S/C13H17BrN2/c14-8-5-6-12-10(7-8)9-3-1-2-4-11(15)13(9)16-12/h5-7,9,11,13,16H,1-4,15H2. The summed E-state index contributed by atoms with van der Waals surface area (Å²) in [6.07, 6.45) is 5.01. The van der Waals surface area contributed by atoms with E-state index in [-0.39, 0.29) is 0 Å². The van der Waals surface area contributed by atoms with Gasteiger partial charge in [0.15, 0.2) is 0 Å². The van der Waals surface area contributed by atoms with Crippen molar-refractivity contribution in [1.29, 1.82) is 0 Å². The molecular weight excluding hydrogens is 264 g/mol. The predicted octanol–water partition coefficient (Wildman–Crippen LogP) is 3.23. The maximum Gasteiger partial charge on any atom is 0.0481 e. The number of fused-ring (bicyclic) bond motifs is 3. The van der Waals surface area contributed by atoms with E-state index in [4.69, 9.17) is 5.73 Å². The van der Waals surface area contributed by atoms with Gasteiger partial charge in [0.2, 0.25) is 0 Å². The van der Waals surface area contributed by atoms with E-state index in [0.29, 0.717) is 18.0 Å². The number of anilines is 1. The van der Waals surface area contributed by atoms with E-state index in [1.807, 2.05) is 0 Å². The molecule has 3 atom stereocenters. The molecular formula is C13H17BrN2. The fourth-order valence-electron chi connectivity index (χ4n) is 3.11. The Hall–Kier alpha value is -0.540. The van der Waals surface area contributed by atoms with Crippen LogP contribution in [-0.2, 0) is 0 Å².